The van der Waals surface area contributed by atoms with Gasteiger partial charge in [0.2, 0.25) is 0 Å². The van der Waals surface area contributed by atoms with Gasteiger partial charge < -0.3 is 24.7 Å². The van der Waals surface area contributed by atoms with Crippen LogP contribution in [-0.4, -0.2) is 53.6 Å². The highest BCUT2D eigenvalue weighted by Crippen LogP contribution is 2.15. The Kier molecular flexibility index (Phi) is 10.9. The van der Waals surface area contributed by atoms with E-state index in [1.54, 1.807) is 0 Å². The fraction of sp³-hybridized carbons (Fsp3) is 0.591. The fourth-order valence-electron chi connectivity index (χ4n) is 2.80. The lowest BCUT2D eigenvalue weighted by Crippen LogP contribution is -2.39. The van der Waals surface area contributed by atoms with Crippen LogP contribution in [0.2, 0.25) is 0 Å². The molecule has 2 N–H and O–H groups in total. The number of hydrogen-bond acceptors (Lipinski definition) is 5. The molecule has 1 atom stereocenters. The van der Waals surface area contributed by atoms with E-state index in [2.05, 4.69) is 44.9 Å². The summed E-state index contributed by atoms with van der Waals surface area (Å²) in [7, 11) is 1.95. The smallest absolute Gasteiger partial charge is 0.191 e. The highest BCUT2D eigenvalue weighted by molar-refractivity contribution is 5.79. The lowest BCUT2D eigenvalue weighted by Gasteiger charge is -2.15. The predicted molar refractivity (Wildman–Crippen MR) is 119 cm³/mol. The van der Waals surface area contributed by atoms with Crippen molar-refractivity contribution in [2.24, 2.45) is 12.0 Å². The van der Waals surface area contributed by atoms with E-state index >= 15 is 0 Å². The van der Waals surface area contributed by atoms with Crippen LogP contribution in [0.4, 0.5) is 0 Å². The summed E-state index contributed by atoms with van der Waals surface area (Å²) >= 11 is 0. The third-order valence-corrected chi connectivity index (χ3v) is 4.77. The summed E-state index contributed by atoms with van der Waals surface area (Å²) in [5, 5.41) is 15.0. The molecule has 1 aromatic carbocycles. The Morgan fingerprint density at radius 1 is 1.10 bits per heavy atom. The quantitative estimate of drug-likeness (QED) is 0.297. The molecule has 1 unspecified atom stereocenters. The van der Waals surface area contributed by atoms with E-state index in [1.165, 1.54) is 5.56 Å². The maximum absolute atomic E-state index is 5.94. The minimum atomic E-state index is 0.0928. The highest BCUT2D eigenvalue weighted by atomic mass is 16.5. The molecule has 0 aliphatic heterocycles. The molecular weight excluding hydrogens is 380 g/mol. The first-order valence-corrected chi connectivity index (χ1v) is 10.7. The summed E-state index contributed by atoms with van der Waals surface area (Å²) in [5.74, 6) is 2.48. The molecule has 0 fully saturated rings. The van der Waals surface area contributed by atoms with E-state index in [4.69, 9.17) is 9.47 Å². The Labute approximate surface area is 180 Å². The third-order valence-electron chi connectivity index (χ3n) is 4.77. The molecule has 30 heavy (non-hydrogen) atoms. The Balaban J connectivity index is 1.76. The first-order chi connectivity index (χ1) is 14.6. The SMILES string of the molecule is CCOCCCNC(=NCc1nnc(C)n1C)NCCCOC(C)c1ccccc1. The van der Waals surface area contributed by atoms with Crippen LogP contribution in [0.1, 0.15) is 50.0 Å². The van der Waals surface area contributed by atoms with Gasteiger partial charge >= 0.3 is 0 Å². The third kappa shape index (κ3) is 8.51. The van der Waals surface area contributed by atoms with E-state index in [0.717, 1.165) is 56.8 Å². The largest absolute Gasteiger partial charge is 0.382 e. The van der Waals surface area contributed by atoms with Gasteiger partial charge in [0.25, 0.3) is 0 Å². The van der Waals surface area contributed by atoms with E-state index < -0.39 is 0 Å². The minimum Gasteiger partial charge on any atom is -0.382 e. The molecule has 0 amide bonds. The van der Waals surface area contributed by atoms with Crippen LogP contribution >= 0.6 is 0 Å². The van der Waals surface area contributed by atoms with Crippen molar-refractivity contribution in [2.75, 3.05) is 32.9 Å². The molecule has 0 saturated heterocycles. The fourth-order valence-corrected chi connectivity index (χ4v) is 2.80. The maximum Gasteiger partial charge on any atom is 0.191 e. The Morgan fingerprint density at radius 2 is 1.80 bits per heavy atom. The van der Waals surface area contributed by atoms with Crippen molar-refractivity contribution in [3.8, 4) is 0 Å². The van der Waals surface area contributed by atoms with Crippen molar-refractivity contribution in [3.05, 3.63) is 47.5 Å². The minimum absolute atomic E-state index is 0.0928. The number of rotatable bonds is 13. The van der Waals surface area contributed by atoms with Gasteiger partial charge in [0, 0.05) is 40.0 Å². The molecule has 0 spiro atoms. The molecule has 0 bridgehead atoms. The first-order valence-electron chi connectivity index (χ1n) is 10.7. The summed E-state index contributed by atoms with van der Waals surface area (Å²) in [6.07, 6.45) is 1.91. The van der Waals surface area contributed by atoms with Crippen LogP contribution in [0.5, 0.6) is 0 Å². The van der Waals surface area contributed by atoms with Gasteiger partial charge in [0.15, 0.2) is 11.8 Å². The molecule has 2 aromatic rings. The topological polar surface area (TPSA) is 85.6 Å². The number of hydrogen-bond donors (Lipinski definition) is 2. The van der Waals surface area contributed by atoms with Crippen LogP contribution in [0.15, 0.2) is 35.3 Å². The second kappa shape index (κ2) is 13.7. The Hall–Kier alpha value is -2.45. The van der Waals surface area contributed by atoms with Crippen molar-refractivity contribution in [3.63, 3.8) is 0 Å². The summed E-state index contributed by atoms with van der Waals surface area (Å²) in [6.45, 7) is 10.2. The van der Waals surface area contributed by atoms with Gasteiger partial charge in [-0.3, -0.25) is 0 Å². The second-order valence-corrected chi connectivity index (χ2v) is 7.07. The zero-order valence-corrected chi connectivity index (χ0v) is 18.7. The molecule has 0 aliphatic carbocycles. The first kappa shape index (κ1) is 23.8. The van der Waals surface area contributed by atoms with Crippen LogP contribution in [-0.2, 0) is 23.1 Å². The summed E-state index contributed by atoms with van der Waals surface area (Å²) in [5.41, 5.74) is 1.20. The van der Waals surface area contributed by atoms with Gasteiger partial charge in [0.05, 0.1) is 6.10 Å². The standard InChI is InChI=1S/C22H36N6O2/c1-5-29-15-9-13-23-22(25-17-21-27-26-19(3)28(21)4)24-14-10-16-30-18(2)20-11-7-6-8-12-20/h6-8,11-12,18H,5,9-10,13-17H2,1-4H3,(H2,23,24,25). The monoisotopic (exact) mass is 416 g/mol. The van der Waals surface area contributed by atoms with Crippen LogP contribution < -0.4 is 10.6 Å². The number of aryl methyl sites for hydroxylation is 1. The highest BCUT2D eigenvalue weighted by Gasteiger charge is 2.06. The maximum atomic E-state index is 5.94. The van der Waals surface area contributed by atoms with Crippen molar-refractivity contribution in [1.29, 1.82) is 0 Å². The lowest BCUT2D eigenvalue weighted by molar-refractivity contribution is 0.0646. The van der Waals surface area contributed by atoms with Crippen molar-refractivity contribution < 1.29 is 9.47 Å². The van der Waals surface area contributed by atoms with E-state index in [-0.39, 0.29) is 6.10 Å². The number of aliphatic imine (C=N–C) groups is 1. The summed E-state index contributed by atoms with van der Waals surface area (Å²) in [6, 6.07) is 10.3. The normalized spacial score (nSPS) is 12.7. The van der Waals surface area contributed by atoms with Gasteiger partial charge in [-0.25, -0.2) is 4.99 Å². The van der Waals surface area contributed by atoms with Gasteiger partial charge in [-0.2, -0.15) is 0 Å². The van der Waals surface area contributed by atoms with Gasteiger partial charge in [0.1, 0.15) is 12.4 Å². The van der Waals surface area contributed by atoms with Crippen molar-refractivity contribution >= 4 is 5.96 Å². The number of nitrogens with zero attached hydrogens (tertiary/aromatic N) is 4. The number of guanidine groups is 1. The number of ether oxygens (including phenoxy) is 2. The molecule has 2 rings (SSSR count). The van der Waals surface area contributed by atoms with Crippen molar-refractivity contribution in [1.82, 2.24) is 25.4 Å². The average Bonchev–Trinajstić information content (AvgIpc) is 3.09. The number of nitrogens with one attached hydrogen (secondary N) is 2. The molecular formula is C22H36N6O2. The average molecular weight is 417 g/mol. The van der Waals surface area contributed by atoms with E-state index in [0.29, 0.717) is 13.2 Å². The zero-order valence-electron chi connectivity index (χ0n) is 18.7. The molecule has 1 heterocycles. The molecule has 8 heteroatoms. The van der Waals surface area contributed by atoms with Crippen LogP contribution in [0.25, 0.3) is 0 Å². The molecule has 8 nitrogen and oxygen atoms in total. The van der Waals surface area contributed by atoms with Crippen LogP contribution in [0.3, 0.4) is 0 Å². The summed E-state index contributed by atoms with van der Waals surface area (Å²) in [4.78, 5) is 4.66. The predicted octanol–water partition coefficient (Wildman–Crippen LogP) is 2.75. The molecule has 0 radical (unpaired) electrons. The van der Waals surface area contributed by atoms with Crippen molar-refractivity contribution in [2.45, 2.75) is 46.3 Å². The number of aromatic nitrogens is 3. The summed E-state index contributed by atoms with van der Waals surface area (Å²) < 4.78 is 13.3. The Bertz CT molecular complexity index is 747. The van der Waals surface area contributed by atoms with Crippen LogP contribution in [0, 0.1) is 6.92 Å². The van der Waals surface area contributed by atoms with E-state index in [1.807, 2.05) is 43.7 Å². The second-order valence-electron chi connectivity index (χ2n) is 7.07. The molecule has 0 saturated carbocycles. The zero-order chi connectivity index (χ0) is 21.6. The van der Waals surface area contributed by atoms with Gasteiger partial charge in [-0.1, -0.05) is 30.3 Å². The van der Waals surface area contributed by atoms with Gasteiger partial charge in [-0.15, -0.1) is 10.2 Å². The molecule has 1 aromatic heterocycles. The number of benzene rings is 1. The van der Waals surface area contributed by atoms with Gasteiger partial charge in [-0.05, 0) is 39.2 Å². The molecule has 0 aliphatic rings. The lowest BCUT2D eigenvalue weighted by atomic mass is 10.1. The Morgan fingerprint density at radius 3 is 2.43 bits per heavy atom. The molecule has 166 valence electrons. The van der Waals surface area contributed by atoms with E-state index in [9.17, 15) is 0 Å².